The molecule has 5 nitrogen and oxygen atoms in total. The minimum Gasteiger partial charge on any atom is -0.325 e. The average Bonchev–Trinajstić information content (AvgIpc) is 3.08. The van der Waals surface area contributed by atoms with Crippen LogP contribution in [0, 0.1) is 0 Å². The van der Waals surface area contributed by atoms with Crippen molar-refractivity contribution in [2.45, 2.75) is 45.6 Å². The van der Waals surface area contributed by atoms with Gasteiger partial charge in [-0.3, -0.25) is 14.5 Å². The van der Waals surface area contributed by atoms with E-state index in [0.717, 1.165) is 24.3 Å². The molecule has 0 atom stereocenters. The van der Waals surface area contributed by atoms with Crippen LogP contribution < -0.4 is 10.2 Å². The smallest absolute Gasteiger partial charge is 0.238 e. The van der Waals surface area contributed by atoms with Crippen molar-refractivity contribution in [2.75, 3.05) is 30.4 Å². The van der Waals surface area contributed by atoms with Crippen LogP contribution in [-0.4, -0.2) is 36.9 Å². The Balaban J connectivity index is 1.50. The lowest BCUT2D eigenvalue weighted by atomic mass is 9.87. The van der Waals surface area contributed by atoms with Gasteiger partial charge in [0.15, 0.2) is 0 Å². The van der Waals surface area contributed by atoms with Crippen LogP contribution in [0.3, 0.4) is 0 Å². The normalized spacial score (nSPS) is 14.5. The number of benzene rings is 2. The third-order valence-electron chi connectivity index (χ3n) is 5.22. The molecule has 2 amide bonds. The van der Waals surface area contributed by atoms with Crippen LogP contribution in [-0.2, 0) is 21.5 Å². The van der Waals surface area contributed by atoms with Crippen LogP contribution >= 0.6 is 0 Å². The molecule has 1 heterocycles. The van der Waals surface area contributed by atoms with Gasteiger partial charge >= 0.3 is 0 Å². The molecular weight excluding hydrogens is 362 g/mol. The van der Waals surface area contributed by atoms with E-state index in [1.54, 1.807) is 4.90 Å². The standard InChI is InChI=1S/C24H31N3O2/c1-24(2,3)19-9-7-18(8-10-19)16-26(4)17-22(28)25-20-11-13-21(14-12-20)27-15-5-6-23(27)29/h7-14H,5-6,15-17H2,1-4H3,(H,25,28). The number of carbonyl (C=O) groups is 2. The molecule has 29 heavy (non-hydrogen) atoms. The Morgan fingerprint density at radius 2 is 1.72 bits per heavy atom. The third-order valence-corrected chi connectivity index (χ3v) is 5.22. The van der Waals surface area contributed by atoms with Crippen LogP contribution in [0.15, 0.2) is 48.5 Å². The molecule has 1 aliphatic heterocycles. The van der Waals surface area contributed by atoms with Crippen molar-refractivity contribution in [1.82, 2.24) is 4.90 Å². The number of rotatable bonds is 6. The molecule has 0 aliphatic carbocycles. The van der Waals surface area contributed by atoms with E-state index in [2.05, 4.69) is 50.4 Å². The molecule has 0 unspecified atom stereocenters. The molecule has 1 aliphatic rings. The summed E-state index contributed by atoms with van der Waals surface area (Å²) in [6.07, 6.45) is 1.52. The Morgan fingerprint density at radius 1 is 1.07 bits per heavy atom. The summed E-state index contributed by atoms with van der Waals surface area (Å²) in [6.45, 7) is 8.41. The van der Waals surface area contributed by atoms with Crippen molar-refractivity contribution in [3.63, 3.8) is 0 Å². The zero-order chi connectivity index (χ0) is 21.0. The lowest BCUT2D eigenvalue weighted by Crippen LogP contribution is -2.30. The van der Waals surface area contributed by atoms with Crippen molar-refractivity contribution in [1.29, 1.82) is 0 Å². The van der Waals surface area contributed by atoms with Gasteiger partial charge in [0.1, 0.15) is 0 Å². The van der Waals surface area contributed by atoms with E-state index in [0.29, 0.717) is 19.5 Å². The maximum atomic E-state index is 12.4. The molecule has 0 aromatic heterocycles. The number of likely N-dealkylation sites (N-methyl/N-ethyl adjacent to an activating group) is 1. The minimum absolute atomic E-state index is 0.0520. The summed E-state index contributed by atoms with van der Waals surface area (Å²) in [5, 5.41) is 2.93. The Bertz CT molecular complexity index is 851. The first kappa shape index (κ1) is 21.1. The van der Waals surface area contributed by atoms with Gasteiger partial charge in [-0.05, 0) is 54.3 Å². The molecule has 0 bridgehead atoms. The second-order valence-corrected chi connectivity index (χ2v) is 8.86. The predicted molar refractivity (Wildman–Crippen MR) is 118 cm³/mol. The maximum absolute atomic E-state index is 12.4. The molecule has 2 aromatic rings. The third kappa shape index (κ3) is 5.67. The van der Waals surface area contributed by atoms with Gasteiger partial charge in [-0.15, -0.1) is 0 Å². The fraction of sp³-hybridized carbons (Fsp3) is 0.417. The van der Waals surface area contributed by atoms with Gasteiger partial charge in [0.2, 0.25) is 11.8 Å². The first-order valence-corrected chi connectivity index (χ1v) is 10.2. The van der Waals surface area contributed by atoms with E-state index in [9.17, 15) is 9.59 Å². The number of hydrogen-bond donors (Lipinski definition) is 1. The number of hydrogen-bond acceptors (Lipinski definition) is 3. The summed E-state index contributed by atoms with van der Waals surface area (Å²) in [5.41, 5.74) is 4.27. The van der Waals surface area contributed by atoms with Gasteiger partial charge in [0, 0.05) is 30.9 Å². The highest BCUT2D eigenvalue weighted by molar-refractivity contribution is 5.96. The summed E-state index contributed by atoms with van der Waals surface area (Å²) in [6, 6.07) is 16.1. The fourth-order valence-electron chi connectivity index (χ4n) is 3.57. The predicted octanol–water partition coefficient (Wildman–Crippen LogP) is 4.18. The van der Waals surface area contributed by atoms with Crippen LogP contribution in [0.5, 0.6) is 0 Å². The van der Waals surface area contributed by atoms with Gasteiger partial charge in [-0.25, -0.2) is 0 Å². The number of amides is 2. The summed E-state index contributed by atoms with van der Waals surface area (Å²) >= 11 is 0. The average molecular weight is 394 g/mol. The first-order chi connectivity index (χ1) is 13.7. The number of anilines is 2. The Kier molecular flexibility index (Phi) is 6.38. The summed E-state index contributed by atoms with van der Waals surface area (Å²) in [5.74, 6) is 0.114. The Hall–Kier alpha value is -2.66. The van der Waals surface area contributed by atoms with Gasteiger partial charge in [-0.1, -0.05) is 45.0 Å². The monoisotopic (exact) mass is 393 g/mol. The van der Waals surface area contributed by atoms with E-state index >= 15 is 0 Å². The molecule has 1 fully saturated rings. The molecule has 2 aromatic carbocycles. The lowest BCUT2D eigenvalue weighted by Gasteiger charge is -2.20. The van der Waals surface area contributed by atoms with Crippen molar-refractivity contribution in [3.05, 3.63) is 59.7 Å². The maximum Gasteiger partial charge on any atom is 0.238 e. The molecule has 1 saturated heterocycles. The van der Waals surface area contributed by atoms with E-state index in [1.807, 2.05) is 36.2 Å². The molecular formula is C24H31N3O2. The topological polar surface area (TPSA) is 52.7 Å². The van der Waals surface area contributed by atoms with E-state index in [1.165, 1.54) is 11.1 Å². The zero-order valence-electron chi connectivity index (χ0n) is 17.9. The zero-order valence-corrected chi connectivity index (χ0v) is 17.9. The molecule has 5 heteroatoms. The van der Waals surface area contributed by atoms with Crippen molar-refractivity contribution in [3.8, 4) is 0 Å². The first-order valence-electron chi connectivity index (χ1n) is 10.2. The van der Waals surface area contributed by atoms with Crippen LogP contribution in [0.4, 0.5) is 11.4 Å². The van der Waals surface area contributed by atoms with Gasteiger partial charge in [-0.2, -0.15) is 0 Å². The highest BCUT2D eigenvalue weighted by atomic mass is 16.2. The second kappa shape index (κ2) is 8.78. The molecule has 0 saturated carbocycles. The molecule has 0 radical (unpaired) electrons. The number of carbonyl (C=O) groups excluding carboxylic acids is 2. The van der Waals surface area contributed by atoms with Crippen molar-refractivity contribution in [2.24, 2.45) is 0 Å². The quantitative estimate of drug-likeness (QED) is 0.801. The Labute approximate surface area is 173 Å². The molecule has 154 valence electrons. The lowest BCUT2D eigenvalue weighted by molar-refractivity contribution is -0.117. The van der Waals surface area contributed by atoms with Gasteiger partial charge in [0.05, 0.1) is 6.54 Å². The van der Waals surface area contributed by atoms with Crippen molar-refractivity contribution >= 4 is 23.2 Å². The number of nitrogens with zero attached hydrogens (tertiary/aromatic N) is 2. The van der Waals surface area contributed by atoms with E-state index in [-0.39, 0.29) is 17.2 Å². The van der Waals surface area contributed by atoms with E-state index < -0.39 is 0 Å². The van der Waals surface area contributed by atoms with Gasteiger partial charge < -0.3 is 10.2 Å². The summed E-state index contributed by atoms with van der Waals surface area (Å²) in [7, 11) is 1.94. The van der Waals surface area contributed by atoms with Gasteiger partial charge in [0.25, 0.3) is 0 Å². The number of nitrogens with one attached hydrogen (secondary N) is 1. The highest BCUT2D eigenvalue weighted by Gasteiger charge is 2.21. The Morgan fingerprint density at radius 3 is 2.28 bits per heavy atom. The van der Waals surface area contributed by atoms with E-state index in [4.69, 9.17) is 0 Å². The minimum atomic E-state index is -0.0520. The van der Waals surface area contributed by atoms with Crippen molar-refractivity contribution < 1.29 is 9.59 Å². The summed E-state index contributed by atoms with van der Waals surface area (Å²) < 4.78 is 0. The second-order valence-electron chi connectivity index (χ2n) is 8.86. The van der Waals surface area contributed by atoms with Crippen LogP contribution in [0.2, 0.25) is 0 Å². The molecule has 3 rings (SSSR count). The largest absolute Gasteiger partial charge is 0.325 e. The summed E-state index contributed by atoms with van der Waals surface area (Å²) in [4.78, 5) is 28.0. The fourth-order valence-corrected chi connectivity index (χ4v) is 3.57. The highest BCUT2D eigenvalue weighted by Crippen LogP contribution is 2.24. The molecule has 0 spiro atoms. The molecule has 1 N–H and O–H groups in total. The van der Waals surface area contributed by atoms with Crippen LogP contribution in [0.25, 0.3) is 0 Å². The SMILES string of the molecule is CN(CC(=O)Nc1ccc(N2CCCC2=O)cc1)Cc1ccc(C(C)(C)C)cc1. The van der Waals surface area contributed by atoms with Crippen LogP contribution in [0.1, 0.15) is 44.7 Å².